The van der Waals surface area contributed by atoms with Gasteiger partial charge in [0, 0.05) is 12.1 Å². The Kier molecular flexibility index (Phi) is 5.35. The maximum atomic E-state index is 12.4. The number of benzene rings is 1. The largest absolute Gasteiger partial charge is 0.492 e. The highest BCUT2D eigenvalue weighted by molar-refractivity contribution is 5.96. The van der Waals surface area contributed by atoms with Crippen LogP contribution in [0.15, 0.2) is 24.3 Å². The lowest BCUT2D eigenvalue weighted by atomic mass is 9.87. The van der Waals surface area contributed by atoms with E-state index >= 15 is 0 Å². The van der Waals surface area contributed by atoms with E-state index in [9.17, 15) is 9.59 Å². The number of carbonyl (C=O) groups excluding carboxylic acids is 2. The number of para-hydroxylation sites is 2. The molecule has 1 aliphatic heterocycles. The van der Waals surface area contributed by atoms with Crippen LogP contribution in [0.25, 0.3) is 0 Å². The van der Waals surface area contributed by atoms with Gasteiger partial charge in [0.05, 0.1) is 24.8 Å². The normalized spacial score (nSPS) is 26.2. The van der Waals surface area contributed by atoms with Gasteiger partial charge in [-0.25, -0.2) is 0 Å². The number of amides is 2. The van der Waals surface area contributed by atoms with Crippen LogP contribution in [0.4, 0.5) is 5.69 Å². The zero-order valence-corrected chi connectivity index (χ0v) is 14.0. The molecular weight excluding hydrogens is 306 g/mol. The lowest BCUT2D eigenvalue weighted by molar-refractivity contribution is -0.129. The minimum Gasteiger partial charge on any atom is -0.492 e. The van der Waals surface area contributed by atoms with Gasteiger partial charge in [0.1, 0.15) is 5.75 Å². The van der Waals surface area contributed by atoms with Gasteiger partial charge in [-0.1, -0.05) is 25.0 Å². The third kappa shape index (κ3) is 3.87. The lowest BCUT2D eigenvalue weighted by Crippen LogP contribution is -2.65. The minimum atomic E-state index is -0.469. The van der Waals surface area contributed by atoms with Crippen molar-refractivity contribution in [2.45, 2.75) is 57.2 Å². The second-order valence-electron chi connectivity index (χ2n) is 6.41. The molecule has 1 saturated heterocycles. The third-order valence-corrected chi connectivity index (χ3v) is 4.68. The Morgan fingerprint density at radius 2 is 2.00 bits per heavy atom. The second-order valence-corrected chi connectivity index (χ2v) is 6.41. The zero-order valence-electron chi connectivity index (χ0n) is 14.0. The van der Waals surface area contributed by atoms with E-state index in [-0.39, 0.29) is 30.3 Å². The summed E-state index contributed by atoms with van der Waals surface area (Å²) in [7, 11) is 0. The van der Waals surface area contributed by atoms with E-state index in [0.717, 1.165) is 19.3 Å². The fraction of sp³-hybridized carbons (Fsp3) is 0.556. The monoisotopic (exact) mass is 331 g/mol. The van der Waals surface area contributed by atoms with Crippen LogP contribution < -0.4 is 20.7 Å². The van der Waals surface area contributed by atoms with Crippen LogP contribution in [0.3, 0.4) is 0 Å². The van der Waals surface area contributed by atoms with Crippen LogP contribution in [-0.2, 0) is 9.59 Å². The maximum Gasteiger partial charge on any atom is 0.237 e. The molecule has 6 heteroatoms. The molecule has 3 N–H and O–H groups in total. The molecule has 1 aromatic carbocycles. The van der Waals surface area contributed by atoms with Crippen molar-refractivity contribution in [1.29, 1.82) is 0 Å². The standard InChI is InChI=1S/C18H25N3O3/c1-2-24-16-10-6-5-9-14(16)20-17(22)11-15-18(23)21-13-8-4-3-7-12(13)19-15/h5-6,9-10,12-13,15,19H,2-4,7-8,11H2,1H3,(H,20,22)(H,21,23)/t12-,13+,15-/m0/s1. The predicted octanol–water partition coefficient (Wildman–Crippen LogP) is 1.81. The Labute approximate surface area is 142 Å². The van der Waals surface area contributed by atoms with Gasteiger partial charge in [-0.2, -0.15) is 0 Å². The molecule has 24 heavy (non-hydrogen) atoms. The molecule has 0 spiro atoms. The summed E-state index contributed by atoms with van der Waals surface area (Å²) in [4.78, 5) is 24.6. The fourth-order valence-electron chi connectivity index (χ4n) is 3.51. The number of carbonyl (C=O) groups is 2. The first-order chi connectivity index (χ1) is 11.7. The summed E-state index contributed by atoms with van der Waals surface area (Å²) >= 11 is 0. The Morgan fingerprint density at radius 1 is 1.25 bits per heavy atom. The van der Waals surface area contributed by atoms with Crippen molar-refractivity contribution in [1.82, 2.24) is 10.6 Å². The Morgan fingerprint density at radius 3 is 2.79 bits per heavy atom. The van der Waals surface area contributed by atoms with Gasteiger partial charge in [-0.15, -0.1) is 0 Å². The van der Waals surface area contributed by atoms with Crippen molar-refractivity contribution in [2.75, 3.05) is 11.9 Å². The first-order valence-electron chi connectivity index (χ1n) is 8.75. The number of fused-ring (bicyclic) bond motifs is 1. The van der Waals surface area contributed by atoms with E-state index in [2.05, 4.69) is 16.0 Å². The molecule has 2 fully saturated rings. The summed E-state index contributed by atoms with van der Waals surface area (Å²) in [5, 5.41) is 9.27. The number of nitrogens with one attached hydrogen (secondary N) is 3. The molecule has 1 heterocycles. The van der Waals surface area contributed by atoms with Crippen LogP contribution >= 0.6 is 0 Å². The third-order valence-electron chi connectivity index (χ3n) is 4.68. The zero-order chi connectivity index (χ0) is 16.9. The molecule has 1 aliphatic carbocycles. The second kappa shape index (κ2) is 7.66. The number of rotatable bonds is 5. The molecule has 0 aromatic heterocycles. The highest BCUT2D eigenvalue weighted by Gasteiger charge is 2.36. The van der Waals surface area contributed by atoms with Crippen molar-refractivity contribution >= 4 is 17.5 Å². The highest BCUT2D eigenvalue weighted by Crippen LogP contribution is 2.25. The van der Waals surface area contributed by atoms with Gasteiger partial charge in [-0.05, 0) is 31.9 Å². The first-order valence-corrected chi connectivity index (χ1v) is 8.75. The molecular formula is C18H25N3O3. The molecule has 2 aliphatic rings. The van der Waals surface area contributed by atoms with Crippen molar-refractivity contribution in [3.8, 4) is 5.75 Å². The SMILES string of the molecule is CCOc1ccccc1NC(=O)C[C@@H]1N[C@H]2CCCC[C@H]2NC1=O. The molecule has 6 nitrogen and oxygen atoms in total. The molecule has 3 rings (SSSR count). The van der Waals surface area contributed by atoms with Gasteiger partial charge in [0.25, 0.3) is 0 Å². The van der Waals surface area contributed by atoms with Gasteiger partial charge < -0.3 is 20.7 Å². The summed E-state index contributed by atoms with van der Waals surface area (Å²) < 4.78 is 5.51. The van der Waals surface area contributed by atoms with Gasteiger partial charge in [0.2, 0.25) is 11.8 Å². The smallest absolute Gasteiger partial charge is 0.237 e. The summed E-state index contributed by atoms with van der Waals surface area (Å²) in [6.45, 7) is 2.43. The Bertz CT molecular complexity index is 605. The minimum absolute atomic E-state index is 0.0774. The Hall–Kier alpha value is -2.08. The molecule has 2 amide bonds. The lowest BCUT2D eigenvalue weighted by Gasteiger charge is -2.40. The number of hydrogen-bond donors (Lipinski definition) is 3. The first kappa shape index (κ1) is 16.8. The van der Waals surface area contributed by atoms with E-state index in [1.165, 1.54) is 6.42 Å². The van der Waals surface area contributed by atoms with Crippen molar-refractivity contribution < 1.29 is 14.3 Å². The van der Waals surface area contributed by atoms with E-state index < -0.39 is 6.04 Å². The number of anilines is 1. The fourth-order valence-corrected chi connectivity index (χ4v) is 3.51. The van der Waals surface area contributed by atoms with E-state index in [1.54, 1.807) is 6.07 Å². The quantitative estimate of drug-likeness (QED) is 0.769. The number of piperazine rings is 1. The molecule has 1 saturated carbocycles. The van der Waals surface area contributed by atoms with Crippen LogP contribution in [-0.4, -0.2) is 36.5 Å². The van der Waals surface area contributed by atoms with Crippen LogP contribution in [0.2, 0.25) is 0 Å². The summed E-state index contributed by atoms with van der Waals surface area (Å²) in [6, 6.07) is 7.35. The average molecular weight is 331 g/mol. The van der Waals surface area contributed by atoms with Crippen molar-refractivity contribution in [3.05, 3.63) is 24.3 Å². The topological polar surface area (TPSA) is 79.5 Å². The van der Waals surface area contributed by atoms with E-state index in [0.29, 0.717) is 18.0 Å². The summed E-state index contributed by atoms with van der Waals surface area (Å²) in [6.07, 6.45) is 4.52. The summed E-state index contributed by atoms with van der Waals surface area (Å²) in [5.41, 5.74) is 0.635. The molecule has 0 bridgehead atoms. The van der Waals surface area contributed by atoms with Crippen LogP contribution in [0.5, 0.6) is 5.75 Å². The van der Waals surface area contributed by atoms with Gasteiger partial charge >= 0.3 is 0 Å². The van der Waals surface area contributed by atoms with E-state index in [4.69, 9.17) is 4.74 Å². The molecule has 0 radical (unpaired) electrons. The van der Waals surface area contributed by atoms with Gasteiger partial charge in [0.15, 0.2) is 0 Å². The predicted molar refractivity (Wildman–Crippen MR) is 92.0 cm³/mol. The molecule has 1 aromatic rings. The highest BCUT2D eigenvalue weighted by atomic mass is 16.5. The number of ether oxygens (including phenoxy) is 1. The van der Waals surface area contributed by atoms with Crippen molar-refractivity contribution in [2.24, 2.45) is 0 Å². The number of hydrogen-bond acceptors (Lipinski definition) is 4. The van der Waals surface area contributed by atoms with Crippen molar-refractivity contribution in [3.63, 3.8) is 0 Å². The van der Waals surface area contributed by atoms with Gasteiger partial charge in [-0.3, -0.25) is 9.59 Å². The average Bonchev–Trinajstić information content (AvgIpc) is 2.57. The molecule has 3 atom stereocenters. The molecule has 130 valence electrons. The maximum absolute atomic E-state index is 12.4. The van der Waals surface area contributed by atoms with Crippen LogP contribution in [0.1, 0.15) is 39.0 Å². The van der Waals surface area contributed by atoms with E-state index in [1.807, 2.05) is 25.1 Å². The van der Waals surface area contributed by atoms with Crippen LogP contribution in [0, 0.1) is 0 Å². The Balaban J connectivity index is 1.59. The molecule has 0 unspecified atom stereocenters. The summed E-state index contributed by atoms with van der Waals surface area (Å²) in [5.74, 6) is 0.372.